The molecule has 0 bridgehead atoms. The molecular weight excluding hydrogens is 643 g/mol. The van der Waals surface area contributed by atoms with Gasteiger partial charge in [-0.2, -0.15) is 0 Å². The van der Waals surface area contributed by atoms with E-state index >= 15 is 0 Å². The van der Waals surface area contributed by atoms with E-state index in [4.69, 9.17) is 14.5 Å². The standard InChI is InChI=1S/C34H23FN4O8S/c1-2-46-33(41)29-30(21-8-4-3-5-9-21)36-34-37(31(29)22-11-13-23(35)14-12-22)32(40)28(48-34)18-20-7-6-10-25(17-20)47-27-16-15-24(38(42)43)19-26(27)39(44)45/h3-19,31H,2H2,1H3/b28-18+/t31-/m0/s1. The summed E-state index contributed by atoms with van der Waals surface area (Å²) < 4.78 is 26.8. The Morgan fingerprint density at radius 3 is 2.42 bits per heavy atom. The summed E-state index contributed by atoms with van der Waals surface area (Å²) in [5.74, 6) is -1.19. The van der Waals surface area contributed by atoms with E-state index in [-0.39, 0.29) is 28.2 Å². The SMILES string of the molecule is CCOC(=O)C1=C(c2ccccc2)N=c2s/c(=C/c3cccc(Oc4ccc([N+](=O)[O-])cc4[N+](=O)[O-])c3)c(=O)n2[C@H]1c1ccc(F)cc1. The van der Waals surface area contributed by atoms with Crippen molar-refractivity contribution in [2.45, 2.75) is 13.0 Å². The number of benzene rings is 4. The Bertz CT molecular complexity index is 2300. The van der Waals surface area contributed by atoms with Crippen molar-refractivity contribution in [2.24, 2.45) is 4.99 Å². The van der Waals surface area contributed by atoms with Crippen LogP contribution in [0.5, 0.6) is 11.5 Å². The normalized spacial score (nSPS) is 14.2. The lowest BCUT2D eigenvalue weighted by Crippen LogP contribution is -2.40. The highest BCUT2D eigenvalue weighted by Gasteiger charge is 2.35. The van der Waals surface area contributed by atoms with E-state index in [2.05, 4.69) is 0 Å². The van der Waals surface area contributed by atoms with E-state index in [0.717, 1.165) is 29.5 Å². The Morgan fingerprint density at radius 2 is 1.73 bits per heavy atom. The second-order valence-corrected chi connectivity index (χ2v) is 11.3. The fourth-order valence-corrected chi connectivity index (χ4v) is 6.20. The van der Waals surface area contributed by atoms with Gasteiger partial charge in [-0.15, -0.1) is 0 Å². The Balaban J connectivity index is 1.48. The second kappa shape index (κ2) is 13.2. The molecule has 6 rings (SSSR count). The van der Waals surface area contributed by atoms with Crippen LogP contribution < -0.4 is 19.6 Å². The molecule has 1 aromatic heterocycles. The summed E-state index contributed by atoms with van der Waals surface area (Å²) >= 11 is 1.08. The third-order valence-electron chi connectivity index (χ3n) is 7.29. The van der Waals surface area contributed by atoms with Crippen LogP contribution >= 0.6 is 11.3 Å². The number of aromatic nitrogens is 1. The molecule has 12 nitrogen and oxygen atoms in total. The largest absolute Gasteiger partial charge is 0.463 e. The van der Waals surface area contributed by atoms with Crippen LogP contribution in [0.4, 0.5) is 15.8 Å². The first-order valence-electron chi connectivity index (χ1n) is 14.4. The number of rotatable bonds is 9. The minimum Gasteiger partial charge on any atom is -0.463 e. The monoisotopic (exact) mass is 666 g/mol. The number of non-ortho nitro benzene ring substituents is 1. The van der Waals surface area contributed by atoms with Crippen LogP contribution in [0.2, 0.25) is 0 Å². The molecule has 48 heavy (non-hydrogen) atoms. The Hall–Kier alpha value is -6.28. The number of nitrogens with zero attached hydrogens (tertiary/aromatic N) is 4. The van der Waals surface area contributed by atoms with Crippen LogP contribution in [0.15, 0.2) is 112 Å². The fraction of sp³-hybridized carbons (Fsp3) is 0.0882. The quantitative estimate of drug-likeness (QED) is 0.110. The van der Waals surface area contributed by atoms with Crippen LogP contribution in [0.3, 0.4) is 0 Å². The highest BCUT2D eigenvalue weighted by Crippen LogP contribution is 2.36. The van der Waals surface area contributed by atoms with E-state index in [1.165, 1.54) is 34.9 Å². The number of nitro benzene ring substituents is 2. The average molecular weight is 667 g/mol. The summed E-state index contributed by atoms with van der Waals surface area (Å²) in [6.07, 6.45) is 1.58. The number of hydrogen-bond donors (Lipinski definition) is 0. The minimum absolute atomic E-state index is 0.0758. The Morgan fingerprint density at radius 1 is 0.979 bits per heavy atom. The summed E-state index contributed by atoms with van der Waals surface area (Å²) in [5, 5.41) is 22.7. The molecule has 0 saturated heterocycles. The number of nitro groups is 2. The highest BCUT2D eigenvalue weighted by atomic mass is 32.1. The molecule has 0 unspecified atom stereocenters. The zero-order valence-electron chi connectivity index (χ0n) is 24.9. The summed E-state index contributed by atoms with van der Waals surface area (Å²) in [7, 11) is 0. The molecule has 0 aliphatic carbocycles. The van der Waals surface area contributed by atoms with Gasteiger partial charge in [0.15, 0.2) is 4.80 Å². The maximum Gasteiger partial charge on any atom is 0.338 e. The second-order valence-electron chi connectivity index (χ2n) is 10.3. The van der Waals surface area contributed by atoms with Crippen LogP contribution in [0.25, 0.3) is 11.8 Å². The van der Waals surface area contributed by atoms with Gasteiger partial charge in [-0.1, -0.05) is 65.9 Å². The van der Waals surface area contributed by atoms with Gasteiger partial charge in [0.1, 0.15) is 11.6 Å². The van der Waals surface area contributed by atoms with Gasteiger partial charge in [0.25, 0.3) is 11.2 Å². The first-order valence-corrected chi connectivity index (χ1v) is 15.2. The zero-order valence-corrected chi connectivity index (χ0v) is 25.8. The number of carbonyl (C=O) groups is 1. The third-order valence-corrected chi connectivity index (χ3v) is 8.28. The number of esters is 1. The number of thiazole rings is 1. The molecule has 2 heterocycles. The molecule has 0 fully saturated rings. The van der Waals surface area contributed by atoms with Gasteiger partial charge < -0.3 is 9.47 Å². The van der Waals surface area contributed by atoms with Crippen molar-refractivity contribution >= 4 is 40.5 Å². The molecule has 0 N–H and O–H groups in total. The van der Waals surface area contributed by atoms with Crippen molar-refractivity contribution in [1.29, 1.82) is 0 Å². The lowest BCUT2D eigenvalue weighted by atomic mass is 9.93. The van der Waals surface area contributed by atoms with Crippen molar-refractivity contribution in [3.8, 4) is 11.5 Å². The van der Waals surface area contributed by atoms with Gasteiger partial charge >= 0.3 is 11.7 Å². The molecule has 0 spiro atoms. The van der Waals surface area contributed by atoms with Crippen molar-refractivity contribution in [1.82, 2.24) is 4.57 Å². The molecule has 5 aromatic rings. The first-order chi connectivity index (χ1) is 23.1. The van der Waals surface area contributed by atoms with Crippen molar-refractivity contribution in [3.05, 3.63) is 165 Å². The maximum atomic E-state index is 14.1. The summed E-state index contributed by atoms with van der Waals surface area (Å²) in [5.41, 5.74) is 0.498. The molecule has 1 aliphatic rings. The van der Waals surface area contributed by atoms with Gasteiger partial charge in [-0.05, 0) is 54.5 Å². The van der Waals surface area contributed by atoms with Gasteiger partial charge in [0.2, 0.25) is 5.75 Å². The number of carbonyl (C=O) groups excluding carboxylic acids is 1. The van der Waals surface area contributed by atoms with Crippen molar-refractivity contribution in [2.75, 3.05) is 6.61 Å². The molecular formula is C34H23FN4O8S. The van der Waals surface area contributed by atoms with Gasteiger partial charge in [-0.25, -0.2) is 14.2 Å². The number of halogens is 1. The average Bonchev–Trinajstić information content (AvgIpc) is 3.39. The summed E-state index contributed by atoms with van der Waals surface area (Å²) in [6.45, 7) is 1.74. The molecule has 240 valence electrons. The van der Waals surface area contributed by atoms with E-state index < -0.39 is 44.6 Å². The summed E-state index contributed by atoms with van der Waals surface area (Å²) in [4.78, 5) is 53.9. The lowest BCUT2D eigenvalue weighted by molar-refractivity contribution is -0.394. The summed E-state index contributed by atoms with van der Waals surface area (Å²) in [6, 6.07) is 22.9. The van der Waals surface area contributed by atoms with Gasteiger partial charge in [0, 0.05) is 11.6 Å². The molecule has 0 radical (unpaired) electrons. The molecule has 1 aliphatic heterocycles. The van der Waals surface area contributed by atoms with E-state index in [1.807, 2.05) is 6.07 Å². The predicted molar refractivity (Wildman–Crippen MR) is 174 cm³/mol. The van der Waals surface area contributed by atoms with Crippen molar-refractivity contribution in [3.63, 3.8) is 0 Å². The first kappa shape index (κ1) is 31.7. The highest BCUT2D eigenvalue weighted by molar-refractivity contribution is 7.07. The number of fused-ring (bicyclic) bond motifs is 1. The third kappa shape index (κ3) is 6.24. The molecule has 14 heteroatoms. The Labute approximate surface area is 274 Å². The molecule has 1 atom stereocenters. The Kier molecular flexibility index (Phi) is 8.73. The van der Waals surface area contributed by atoms with E-state index in [9.17, 15) is 34.2 Å². The molecule has 0 saturated carbocycles. The number of hydrogen-bond acceptors (Lipinski definition) is 10. The maximum absolute atomic E-state index is 14.1. The van der Waals surface area contributed by atoms with Crippen LogP contribution in [0.1, 0.15) is 29.7 Å². The van der Waals surface area contributed by atoms with Crippen LogP contribution in [-0.2, 0) is 9.53 Å². The van der Waals surface area contributed by atoms with Crippen LogP contribution in [0, 0.1) is 26.0 Å². The predicted octanol–water partition coefficient (Wildman–Crippen LogP) is 5.68. The fourth-order valence-electron chi connectivity index (χ4n) is 5.20. The molecule has 0 amide bonds. The van der Waals surface area contributed by atoms with Gasteiger partial charge in [0.05, 0.1) is 44.4 Å². The number of ether oxygens (including phenoxy) is 2. The van der Waals surface area contributed by atoms with Crippen molar-refractivity contribution < 1.29 is 28.5 Å². The lowest BCUT2D eigenvalue weighted by Gasteiger charge is -2.25. The smallest absolute Gasteiger partial charge is 0.338 e. The van der Waals surface area contributed by atoms with Gasteiger partial charge in [-0.3, -0.25) is 29.6 Å². The van der Waals surface area contributed by atoms with E-state index in [1.54, 1.807) is 55.5 Å². The zero-order chi connectivity index (χ0) is 33.9. The van der Waals surface area contributed by atoms with Crippen LogP contribution in [-0.4, -0.2) is 27.0 Å². The topological polar surface area (TPSA) is 156 Å². The van der Waals surface area contributed by atoms with E-state index in [0.29, 0.717) is 27.2 Å². The minimum atomic E-state index is -0.990. The molecule has 4 aromatic carbocycles.